The Morgan fingerprint density at radius 2 is 1.65 bits per heavy atom. The van der Waals surface area contributed by atoms with Crippen LogP contribution in [0, 0.1) is 5.92 Å². The molecule has 2 aliphatic rings. The number of hydrogen-bond acceptors (Lipinski definition) is 2. The largest absolute Gasteiger partial charge is 0.343 e. The molecule has 0 aromatic rings. The maximum absolute atomic E-state index is 12.7. The normalized spacial score (nSPS) is 21.8. The van der Waals surface area contributed by atoms with Crippen LogP contribution in [-0.4, -0.2) is 47.3 Å². The summed E-state index contributed by atoms with van der Waals surface area (Å²) < 4.78 is 0. The third-order valence-electron chi connectivity index (χ3n) is 4.93. The minimum absolute atomic E-state index is 0.132. The van der Waals surface area contributed by atoms with E-state index in [0.717, 1.165) is 32.5 Å². The molecule has 2 amide bonds. The molecule has 0 unspecified atom stereocenters. The van der Waals surface area contributed by atoms with Gasteiger partial charge in [0.05, 0.1) is 0 Å². The highest BCUT2D eigenvalue weighted by Gasteiger charge is 2.32. The summed E-state index contributed by atoms with van der Waals surface area (Å²) >= 11 is 0. The molecule has 1 saturated heterocycles. The second-order valence-electron chi connectivity index (χ2n) is 6.20. The zero-order valence-electron chi connectivity index (χ0n) is 12.9. The molecule has 0 aromatic heterocycles. The van der Waals surface area contributed by atoms with Gasteiger partial charge in [-0.1, -0.05) is 19.3 Å². The van der Waals surface area contributed by atoms with E-state index < -0.39 is 0 Å². The summed E-state index contributed by atoms with van der Waals surface area (Å²) in [5.41, 5.74) is 0. The maximum Gasteiger partial charge on any atom is 0.226 e. The fourth-order valence-corrected chi connectivity index (χ4v) is 3.66. The number of amides is 2. The SMILES string of the molecule is CCN(C(=O)C1CCN(C(C)=O)CC1)C1CCCCC1. The minimum atomic E-state index is 0.132. The first-order valence-electron chi connectivity index (χ1n) is 8.19. The zero-order valence-corrected chi connectivity index (χ0v) is 12.9. The van der Waals surface area contributed by atoms with Gasteiger partial charge in [0.15, 0.2) is 0 Å². The molecule has 1 saturated carbocycles. The summed E-state index contributed by atoms with van der Waals surface area (Å²) in [4.78, 5) is 28.1. The van der Waals surface area contributed by atoms with Gasteiger partial charge < -0.3 is 9.80 Å². The predicted molar refractivity (Wildman–Crippen MR) is 79.2 cm³/mol. The predicted octanol–water partition coefficient (Wildman–Crippen LogP) is 2.43. The molecule has 1 heterocycles. The fraction of sp³-hybridized carbons (Fsp3) is 0.875. The van der Waals surface area contributed by atoms with E-state index in [0.29, 0.717) is 11.9 Å². The summed E-state index contributed by atoms with van der Waals surface area (Å²) in [5, 5.41) is 0. The molecule has 1 aliphatic carbocycles. The van der Waals surface area contributed by atoms with E-state index in [1.807, 2.05) is 4.90 Å². The van der Waals surface area contributed by atoms with Crippen molar-refractivity contribution in [2.75, 3.05) is 19.6 Å². The Bertz CT molecular complexity index is 342. The summed E-state index contributed by atoms with van der Waals surface area (Å²) in [6.45, 7) is 6.03. The van der Waals surface area contributed by atoms with Crippen molar-refractivity contribution in [3.05, 3.63) is 0 Å². The molecule has 20 heavy (non-hydrogen) atoms. The lowest BCUT2D eigenvalue weighted by Crippen LogP contribution is -2.47. The van der Waals surface area contributed by atoms with Crippen LogP contribution in [-0.2, 0) is 9.59 Å². The Morgan fingerprint density at radius 1 is 1.05 bits per heavy atom. The highest BCUT2D eigenvalue weighted by molar-refractivity contribution is 5.80. The van der Waals surface area contributed by atoms with Crippen molar-refractivity contribution in [3.63, 3.8) is 0 Å². The maximum atomic E-state index is 12.7. The van der Waals surface area contributed by atoms with Crippen LogP contribution in [0.3, 0.4) is 0 Å². The van der Waals surface area contributed by atoms with Gasteiger partial charge in [-0.3, -0.25) is 9.59 Å². The Hall–Kier alpha value is -1.06. The van der Waals surface area contributed by atoms with E-state index in [1.54, 1.807) is 6.92 Å². The first-order valence-corrected chi connectivity index (χ1v) is 8.19. The molecule has 0 N–H and O–H groups in total. The molecular weight excluding hydrogens is 252 g/mol. The van der Waals surface area contributed by atoms with E-state index in [9.17, 15) is 9.59 Å². The van der Waals surface area contributed by atoms with E-state index in [4.69, 9.17) is 0 Å². The van der Waals surface area contributed by atoms with Gasteiger partial charge in [0.25, 0.3) is 0 Å². The number of rotatable bonds is 3. The van der Waals surface area contributed by atoms with Gasteiger partial charge in [-0.05, 0) is 32.6 Å². The quantitative estimate of drug-likeness (QED) is 0.796. The molecule has 0 atom stereocenters. The third kappa shape index (κ3) is 3.53. The zero-order chi connectivity index (χ0) is 14.5. The Balaban J connectivity index is 1.90. The molecule has 2 fully saturated rings. The monoisotopic (exact) mass is 280 g/mol. The molecule has 0 aromatic carbocycles. The number of piperidine rings is 1. The van der Waals surface area contributed by atoms with Crippen LogP contribution < -0.4 is 0 Å². The third-order valence-corrected chi connectivity index (χ3v) is 4.93. The Morgan fingerprint density at radius 3 is 2.15 bits per heavy atom. The number of carbonyl (C=O) groups is 2. The lowest BCUT2D eigenvalue weighted by atomic mass is 9.90. The summed E-state index contributed by atoms with van der Waals surface area (Å²) in [5.74, 6) is 0.602. The van der Waals surface area contributed by atoms with Crippen LogP contribution in [0.25, 0.3) is 0 Å². The van der Waals surface area contributed by atoms with Gasteiger partial charge in [-0.15, -0.1) is 0 Å². The Kier molecular flexibility index (Phi) is 5.44. The highest BCUT2D eigenvalue weighted by atomic mass is 16.2. The summed E-state index contributed by atoms with van der Waals surface area (Å²) in [7, 11) is 0. The van der Waals surface area contributed by atoms with E-state index in [2.05, 4.69) is 11.8 Å². The topological polar surface area (TPSA) is 40.6 Å². The van der Waals surface area contributed by atoms with Crippen LogP contribution in [0.5, 0.6) is 0 Å². The first-order chi connectivity index (χ1) is 9.63. The lowest BCUT2D eigenvalue weighted by molar-refractivity contribution is -0.142. The Labute approximate surface area is 122 Å². The van der Waals surface area contributed by atoms with Gasteiger partial charge in [0.2, 0.25) is 11.8 Å². The second-order valence-corrected chi connectivity index (χ2v) is 6.20. The number of carbonyl (C=O) groups excluding carboxylic acids is 2. The van der Waals surface area contributed by atoms with Crippen LogP contribution in [0.2, 0.25) is 0 Å². The molecule has 4 heteroatoms. The van der Waals surface area contributed by atoms with Gasteiger partial charge >= 0.3 is 0 Å². The summed E-state index contributed by atoms with van der Waals surface area (Å²) in [6.07, 6.45) is 7.86. The van der Waals surface area contributed by atoms with Crippen LogP contribution in [0.15, 0.2) is 0 Å². The van der Waals surface area contributed by atoms with Crippen molar-refractivity contribution in [1.29, 1.82) is 0 Å². The number of hydrogen-bond donors (Lipinski definition) is 0. The van der Waals surface area contributed by atoms with Crippen molar-refractivity contribution in [3.8, 4) is 0 Å². The van der Waals surface area contributed by atoms with E-state index >= 15 is 0 Å². The average Bonchev–Trinajstić information content (AvgIpc) is 2.49. The minimum Gasteiger partial charge on any atom is -0.343 e. The standard InChI is InChI=1S/C16H28N2O2/c1-3-18(15-7-5-4-6-8-15)16(20)14-9-11-17(12-10-14)13(2)19/h14-15H,3-12H2,1-2H3. The smallest absolute Gasteiger partial charge is 0.226 e. The second kappa shape index (κ2) is 7.09. The number of nitrogens with zero attached hydrogens (tertiary/aromatic N) is 2. The van der Waals surface area contributed by atoms with Gasteiger partial charge in [0, 0.05) is 38.5 Å². The van der Waals surface area contributed by atoms with Crippen LogP contribution in [0.1, 0.15) is 58.8 Å². The number of likely N-dealkylation sites (tertiary alicyclic amines) is 1. The van der Waals surface area contributed by atoms with Crippen molar-refractivity contribution < 1.29 is 9.59 Å². The molecular formula is C16H28N2O2. The van der Waals surface area contributed by atoms with Gasteiger partial charge in [0.1, 0.15) is 0 Å². The lowest BCUT2D eigenvalue weighted by Gasteiger charge is -2.38. The fourth-order valence-electron chi connectivity index (χ4n) is 3.66. The van der Waals surface area contributed by atoms with E-state index in [1.165, 1.54) is 32.1 Å². The van der Waals surface area contributed by atoms with Crippen LogP contribution >= 0.6 is 0 Å². The first kappa shape index (κ1) is 15.3. The van der Waals surface area contributed by atoms with Crippen molar-refractivity contribution >= 4 is 11.8 Å². The molecule has 0 bridgehead atoms. The highest BCUT2D eigenvalue weighted by Crippen LogP contribution is 2.26. The average molecular weight is 280 g/mol. The molecule has 0 spiro atoms. The van der Waals surface area contributed by atoms with Crippen LogP contribution in [0.4, 0.5) is 0 Å². The van der Waals surface area contributed by atoms with Crippen molar-refractivity contribution in [2.45, 2.75) is 64.8 Å². The molecule has 1 aliphatic heterocycles. The molecule has 114 valence electrons. The van der Waals surface area contributed by atoms with E-state index in [-0.39, 0.29) is 11.8 Å². The molecule has 4 nitrogen and oxygen atoms in total. The summed E-state index contributed by atoms with van der Waals surface area (Å²) in [6, 6.07) is 0.465. The van der Waals surface area contributed by atoms with Gasteiger partial charge in [-0.25, -0.2) is 0 Å². The molecule has 0 radical (unpaired) electrons. The van der Waals surface area contributed by atoms with Gasteiger partial charge in [-0.2, -0.15) is 0 Å². The van der Waals surface area contributed by atoms with Crippen molar-refractivity contribution in [2.24, 2.45) is 5.92 Å². The van der Waals surface area contributed by atoms with Crippen molar-refractivity contribution in [1.82, 2.24) is 9.80 Å². The molecule has 2 rings (SSSR count).